The van der Waals surface area contributed by atoms with Gasteiger partial charge in [-0.1, -0.05) is 25.1 Å². The van der Waals surface area contributed by atoms with Gasteiger partial charge in [-0.3, -0.25) is 4.79 Å². The molecule has 1 aliphatic rings. The molecule has 3 rings (SSSR count). The summed E-state index contributed by atoms with van der Waals surface area (Å²) in [6.45, 7) is 6.57. The summed E-state index contributed by atoms with van der Waals surface area (Å²) < 4.78 is 5.36. The molecule has 2 aromatic rings. The first kappa shape index (κ1) is 19.1. The van der Waals surface area contributed by atoms with Crippen LogP contribution in [0.25, 0.3) is 0 Å². The normalized spacial score (nSPS) is 16.9. The van der Waals surface area contributed by atoms with Gasteiger partial charge in [-0.05, 0) is 49.8 Å². The van der Waals surface area contributed by atoms with E-state index in [2.05, 4.69) is 27.1 Å². The summed E-state index contributed by atoms with van der Waals surface area (Å²) in [5, 5.41) is 2.96. The summed E-state index contributed by atoms with van der Waals surface area (Å²) in [5.74, 6) is 1.96. The van der Waals surface area contributed by atoms with Crippen LogP contribution in [-0.4, -0.2) is 42.6 Å². The molecule has 1 aromatic carbocycles. The van der Waals surface area contributed by atoms with Crippen molar-refractivity contribution >= 4 is 11.9 Å². The molecule has 27 heavy (non-hydrogen) atoms. The third kappa shape index (κ3) is 4.96. The molecule has 0 radical (unpaired) electrons. The van der Waals surface area contributed by atoms with Crippen molar-refractivity contribution in [2.75, 3.05) is 31.6 Å². The zero-order chi connectivity index (χ0) is 19.2. The Labute approximate surface area is 161 Å². The number of carbonyl (C=O) groups excluding carboxylic acids is 1. The van der Waals surface area contributed by atoms with Gasteiger partial charge in [-0.15, -0.1) is 0 Å². The second-order valence-corrected chi connectivity index (χ2v) is 7.21. The molecule has 1 saturated heterocycles. The topological polar surface area (TPSA) is 67.3 Å². The quantitative estimate of drug-likeness (QED) is 0.849. The lowest BCUT2D eigenvalue weighted by Gasteiger charge is -2.31. The minimum atomic E-state index is -0.165. The second-order valence-electron chi connectivity index (χ2n) is 7.21. The number of anilines is 1. The fourth-order valence-corrected chi connectivity index (χ4v) is 3.49. The van der Waals surface area contributed by atoms with Gasteiger partial charge in [0.15, 0.2) is 0 Å². The number of nitrogens with one attached hydrogen (secondary N) is 1. The van der Waals surface area contributed by atoms with Crippen molar-refractivity contribution in [2.24, 2.45) is 5.92 Å². The number of piperidine rings is 1. The molecule has 144 valence electrons. The molecular weight excluding hydrogens is 340 g/mol. The van der Waals surface area contributed by atoms with Gasteiger partial charge in [0.05, 0.1) is 7.11 Å². The van der Waals surface area contributed by atoms with Crippen LogP contribution < -0.4 is 15.0 Å². The van der Waals surface area contributed by atoms with Gasteiger partial charge in [0.2, 0.25) is 5.95 Å². The summed E-state index contributed by atoms with van der Waals surface area (Å²) >= 11 is 0. The Morgan fingerprint density at radius 2 is 2.15 bits per heavy atom. The zero-order valence-electron chi connectivity index (χ0n) is 16.4. The van der Waals surface area contributed by atoms with E-state index in [0.29, 0.717) is 30.5 Å². The van der Waals surface area contributed by atoms with Crippen LogP contribution in [0.1, 0.15) is 41.5 Å². The van der Waals surface area contributed by atoms with Gasteiger partial charge in [-0.25, -0.2) is 9.97 Å². The largest absolute Gasteiger partial charge is 0.496 e. The van der Waals surface area contributed by atoms with Gasteiger partial charge in [-0.2, -0.15) is 0 Å². The highest BCUT2D eigenvalue weighted by molar-refractivity contribution is 5.92. The lowest BCUT2D eigenvalue weighted by atomic mass is 10.0. The molecule has 0 aliphatic carbocycles. The SMILES string of the molecule is COc1ccccc1CCNC(=O)c1cc(C)nc(N2CCCC(C)C2)n1. The molecule has 1 N–H and O–H groups in total. The summed E-state index contributed by atoms with van der Waals surface area (Å²) in [6, 6.07) is 9.59. The van der Waals surface area contributed by atoms with E-state index in [9.17, 15) is 4.79 Å². The van der Waals surface area contributed by atoms with E-state index < -0.39 is 0 Å². The van der Waals surface area contributed by atoms with E-state index in [1.165, 1.54) is 6.42 Å². The van der Waals surface area contributed by atoms with Crippen LogP contribution in [0, 0.1) is 12.8 Å². The van der Waals surface area contributed by atoms with Crippen molar-refractivity contribution in [3.8, 4) is 5.75 Å². The van der Waals surface area contributed by atoms with E-state index >= 15 is 0 Å². The molecule has 0 spiro atoms. The Kier molecular flexibility index (Phi) is 6.27. The maximum Gasteiger partial charge on any atom is 0.270 e. The fourth-order valence-electron chi connectivity index (χ4n) is 3.49. The molecule has 1 atom stereocenters. The third-order valence-electron chi connectivity index (χ3n) is 4.89. The summed E-state index contributed by atoms with van der Waals surface area (Å²) in [4.78, 5) is 23.8. The predicted molar refractivity (Wildman–Crippen MR) is 106 cm³/mol. The predicted octanol–water partition coefficient (Wildman–Crippen LogP) is 3.00. The molecule has 6 heteroatoms. The highest BCUT2D eigenvalue weighted by Crippen LogP contribution is 2.21. The number of ether oxygens (including phenoxy) is 1. The van der Waals surface area contributed by atoms with Gasteiger partial charge in [0.25, 0.3) is 5.91 Å². The van der Waals surface area contributed by atoms with Crippen molar-refractivity contribution in [3.05, 3.63) is 47.3 Å². The van der Waals surface area contributed by atoms with Crippen molar-refractivity contribution in [1.29, 1.82) is 0 Å². The summed E-state index contributed by atoms with van der Waals surface area (Å²) in [6.07, 6.45) is 3.08. The molecule has 1 aromatic heterocycles. The van der Waals surface area contributed by atoms with E-state index in [4.69, 9.17) is 4.74 Å². The van der Waals surface area contributed by atoms with Crippen LogP contribution in [0.5, 0.6) is 5.75 Å². The monoisotopic (exact) mass is 368 g/mol. The van der Waals surface area contributed by atoms with Crippen LogP contribution in [0.4, 0.5) is 5.95 Å². The first-order chi connectivity index (χ1) is 13.1. The van der Waals surface area contributed by atoms with E-state index in [-0.39, 0.29) is 5.91 Å². The molecule has 1 fully saturated rings. The summed E-state index contributed by atoms with van der Waals surface area (Å²) in [5.41, 5.74) is 2.31. The average molecular weight is 368 g/mol. The highest BCUT2D eigenvalue weighted by atomic mass is 16.5. The fraction of sp³-hybridized carbons (Fsp3) is 0.476. The first-order valence-electron chi connectivity index (χ1n) is 9.57. The molecule has 1 amide bonds. The number of hydrogen-bond acceptors (Lipinski definition) is 5. The van der Waals surface area contributed by atoms with Crippen LogP contribution in [0.2, 0.25) is 0 Å². The number of benzene rings is 1. The first-order valence-corrected chi connectivity index (χ1v) is 9.57. The lowest BCUT2D eigenvalue weighted by molar-refractivity contribution is 0.0949. The number of aryl methyl sites for hydroxylation is 1. The van der Waals surface area contributed by atoms with Gasteiger partial charge in [0, 0.05) is 25.3 Å². The molecule has 0 saturated carbocycles. The Morgan fingerprint density at radius 3 is 2.93 bits per heavy atom. The number of hydrogen-bond donors (Lipinski definition) is 1. The number of amides is 1. The molecule has 1 unspecified atom stereocenters. The maximum atomic E-state index is 12.6. The number of methoxy groups -OCH3 is 1. The average Bonchev–Trinajstić information content (AvgIpc) is 2.67. The number of nitrogens with zero attached hydrogens (tertiary/aromatic N) is 3. The Hall–Kier alpha value is -2.63. The number of rotatable bonds is 6. The molecule has 6 nitrogen and oxygen atoms in total. The lowest BCUT2D eigenvalue weighted by Crippen LogP contribution is -2.36. The van der Waals surface area contributed by atoms with Crippen LogP contribution in [0.15, 0.2) is 30.3 Å². The summed E-state index contributed by atoms with van der Waals surface area (Å²) in [7, 11) is 1.66. The van der Waals surface area contributed by atoms with Gasteiger partial charge >= 0.3 is 0 Å². The van der Waals surface area contributed by atoms with E-state index in [1.807, 2.05) is 31.2 Å². The van der Waals surface area contributed by atoms with Crippen LogP contribution in [0.3, 0.4) is 0 Å². The zero-order valence-corrected chi connectivity index (χ0v) is 16.4. The van der Waals surface area contributed by atoms with Crippen molar-refractivity contribution < 1.29 is 9.53 Å². The molecule has 2 heterocycles. The van der Waals surface area contributed by atoms with Gasteiger partial charge in [0.1, 0.15) is 11.4 Å². The van der Waals surface area contributed by atoms with Crippen molar-refractivity contribution in [1.82, 2.24) is 15.3 Å². The minimum Gasteiger partial charge on any atom is -0.496 e. The van der Waals surface area contributed by atoms with Crippen LogP contribution in [-0.2, 0) is 6.42 Å². The number of aromatic nitrogens is 2. The van der Waals surface area contributed by atoms with E-state index in [0.717, 1.165) is 36.5 Å². The molecule has 1 aliphatic heterocycles. The highest BCUT2D eigenvalue weighted by Gasteiger charge is 2.20. The number of carbonyl (C=O) groups is 1. The Bertz CT molecular complexity index is 794. The molecule has 0 bridgehead atoms. The van der Waals surface area contributed by atoms with Crippen molar-refractivity contribution in [3.63, 3.8) is 0 Å². The Morgan fingerprint density at radius 1 is 1.33 bits per heavy atom. The standard InChI is InChI=1S/C21H28N4O2/c1-15-7-6-12-25(14-15)21-23-16(2)13-18(24-21)20(26)22-11-10-17-8-4-5-9-19(17)27-3/h4-5,8-9,13,15H,6-7,10-12,14H2,1-3H3,(H,22,26). The smallest absolute Gasteiger partial charge is 0.270 e. The maximum absolute atomic E-state index is 12.6. The number of para-hydroxylation sites is 1. The van der Waals surface area contributed by atoms with Crippen molar-refractivity contribution in [2.45, 2.75) is 33.1 Å². The van der Waals surface area contributed by atoms with E-state index in [1.54, 1.807) is 13.2 Å². The van der Waals surface area contributed by atoms with Crippen LogP contribution >= 0.6 is 0 Å². The third-order valence-corrected chi connectivity index (χ3v) is 4.89. The second kappa shape index (κ2) is 8.84. The Balaban J connectivity index is 1.64. The minimum absolute atomic E-state index is 0.165. The molecular formula is C21H28N4O2. The van der Waals surface area contributed by atoms with Gasteiger partial charge < -0.3 is 15.0 Å².